The Kier molecular flexibility index (Phi) is 3.53. The fourth-order valence-electron chi connectivity index (χ4n) is 2.84. The van der Waals surface area contributed by atoms with Crippen molar-refractivity contribution in [1.82, 2.24) is 0 Å². The lowest BCUT2D eigenvalue weighted by Crippen LogP contribution is -2.11. The van der Waals surface area contributed by atoms with Crippen LogP contribution in [0, 0.1) is 5.92 Å². The molecule has 1 N–H and O–H groups in total. The van der Waals surface area contributed by atoms with Crippen LogP contribution in [0.2, 0.25) is 0 Å². The first-order chi connectivity index (χ1) is 9.69. The van der Waals surface area contributed by atoms with Crippen molar-refractivity contribution in [2.45, 2.75) is 31.8 Å². The van der Waals surface area contributed by atoms with E-state index in [2.05, 4.69) is 0 Å². The van der Waals surface area contributed by atoms with Crippen molar-refractivity contribution >= 4 is 5.97 Å². The second-order valence-corrected chi connectivity index (χ2v) is 5.38. The van der Waals surface area contributed by atoms with Crippen LogP contribution in [0.1, 0.15) is 36.3 Å². The van der Waals surface area contributed by atoms with Crippen LogP contribution in [0.5, 0.6) is 11.5 Å². The van der Waals surface area contributed by atoms with Crippen molar-refractivity contribution in [3.05, 3.63) is 23.3 Å². The summed E-state index contributed by atoms with van der Waals surface area (Å²) in [5.41, 5.74) is 2.02. The van der Waals surface area contributed by atoms with E-state index in [9.17, 15) is 4.79 Å². The Morgan fingerprint density at radius 3 is 2.70 bits per heavy atom. The lowest BCUT2D eigenvalue weighted by molar-refractivity contribution is -0.137. The number of hydrogen-bond donors (Lipinski definition) is 1. The van der Waals surface area contributed by atoms with Crippen LogP contribution in [0.4, 0.5) is 0 Å². The van der Waals surface area contributed by atoms with Gasteiger partial charge in [-0.25, -0.2) is 0 Å². The first-order valence-corrected chi connectivity index (χ1v) is 6.82. The molecular weight excluding hydrogens is 260 g/mol. The minimum absolute atomic E-state index is 0.0344. The fourth-order valence-corrected chi connectivity index (χ4v) is 2.84. The largest absolute Gasteiger partial charge is 0.481 e. The van der Waals surface area contributed by atoms with E-state index in [0.29, 0.717) is 24.0 Å². The van der Waals surface area contributed by atoms with Gasteiger partial charge in [0.2, 0.25) is 6.79 Å². The lowest BCUT2D eigenvalue weighted by atomic mass is 9.87. The maximum absolute atomic E-state index is 11.1. The number of aliphatic carboxylic acids is 1. The third-order valence-corrected chi connectivity index (χ3v) is 3.92. The molecule has 1 atom stereocenters. The number of hydrogen-bond acceptors (Lipinski definition) is 4. The molecule has 0 saturated heterocycles. The fraction of sp³-hybridized carbons (Fsp3) is 0.533. The Balaban J connectivity index is 1.98. The molecule has 0 spiro atoms. The highest BCUT2D eigenvalue weighted by molar-refractivity contribution is 5.68. The SMILES string of the molecule is COCc1cc2c(cc1C(CC(=O)O)C1CC1)OCO2. The molecule has 1 aliphatic heterocycles. The number of carboxylic acids is 1. The zero-order valence-corrected chi connectivity index (χ0v) is 11.4. The summed E-state index contributed by atoms with van der Waals surface area (Å²) in [6.07, 6.45) is 2.35. The van der Waals surface area contributed by atoms with Crippen molar-refractivity contribution in [3.63, 3.8) is 0 Å². The van der Waals surface area contributed by atoms with Gasteiger partial charge < -0.3 is 19.3 Å². The summed E-state index contributed by atoms with van der Waals surface area (Å²) in [5.74, 6) is 1.15. The molecule has 108 valence electrons. The van der Waals surface area contributed by atoms with Crippen molar-refractivity contribution < 1.29 is 24.1 Å². The van der Waals surface area contributed by atoms with E-state index in [1.807, 2.05) is 12.1 Å². The number of carbonyl (C=O) groups is 1. The number of carboxylic acid groups (broad SMARTS) is 1. The van der Waals surface area contributed by atoms with E-state index in [1.165, 1.54) is 0 Å². The van der Waals surface area contributed by atoms with Gasteiger partial charge in [-0.2, -0.15) is 0 Å². The van der Waals surface area contributed by atoms with Gasteiger partial charge in [-0.15, -0.1) is 0 Å². The second kappa shape index (κ2) is 5.32. The molecule has 1 unspecified atom stereocenters. The predicted octanol–water partition coefficient (Wildman–Crippen LogP) is 2.53. The molecule has 1 aliphatic carbocycles. The zero-order chi connectivity index (χ0) is 14.1. The molecule has 0 amide bonds. The standard InChI is InChI=1S/C15H18O5/c1-18-7-10-4-13-14(20-8-19-13)5-11(10)12(6-15(16)17)9-2-3-9/h4-5,9,12H,2-3,6-8H2,1H3,(H,16,17). The average Bonchev–Trinajstić information content (AvgIpc) is 3.14. The third kappa shape index (κ3) is 2.58. The van der Waals surface area contributed by atoms with Gasteiger partial charge in [0.1, 0.15) is 0 Å². The molecule has 0 aromatic heterocycles. The molecule has 1 saturated carbocycles. The molecule has 2 aliphatic rings. The summed E-state index contributed by atoms with van der Waals surface area (Å²) in [4.78, 5) is 11.1. The average molecular weight is 278 g/mol. The molecule has 0 bridgehead atoms. The van der Waals surface area contributed by atoms with Gasteiger partial charge in [0.05, 0.1) is 13.0 Å². The summed E-state index contributed by atoms with van der Waals surface area (Å²) >= 11 is 0. The van der Waals surface area contributed by atoms with Crippen LogP contribution >= 0.6 is 0 Å². The number of methoxy groups -OCH3 is 1. The van der Waals surface area contributed by atoms with Crippen LogP contribution in [0.3, 0.4) is 0 Å². The van der Waals surface area contributed by atoms with Crippen molar-refractivity contribution in [3.8, 4) is 11.5 Å². The monoisotopic (exact) mass is 278 g/mol. The van der Waals surface area contributed by atoms with Crippen LogP contribution in [-0.2, 0) is 16.1 Å². The number of fused-ring (bicyclic) bond motifs is 1. The Bertz CT molecular complexity index is 521. The molecule has 3 rings (SSSR count). The second-order valence-electron chi connectivity index (χ2n) is 5.38. The molecule has 5 heteroatoms. The summed E-state index contributed by atoms with van der Waals surface area (Å²) in [6, 6.07) is 3.85. The summed E-state index contributed by atoms with van der Waals surface area (Å²) in [7, 11) is 1.64. The van der Waals surface area contributed by atoms with Crippen molar-refractivity contribution in [2.24, 2.45) is 5.92 Å². The Hall–Kier alpha value is -1.75. The summed E-state index contributed by atoms with van der Waals surface area (Å²) < 4.78 is 16.0. The van der Waals surface area contributed by atoms with Gasteiger partial charge in [-0.1, -0.05) is 0 Å². The first-order valence-electron chi connectivity index (χ1n) is 6.82. The Morgan fingerprint density at radius 1 is 1.40 bits per heavy atom. The molecule has 5 nitrogen and oxygen atoms in total. The quantitative estimate of drug-likeness (QED) is 0.866. The highest BCUT2D eigenvalue weighted by Crippen LogP contribution is 2.48. The molecular formula is C15H18O5. The molecule has 1 aromatic carbocycles. The van der Waals surface area contributed by atoms with Gasteiger partial charge in [-0.05, 0) is 47.9 Å². The van der Waals surface area contributed by atoms with Gasteiger partial charge in [-0.3, -0.25) is 4.79 Å². The third-order valence-electron chi connectivity index (χ3n) is 3.92. The number of benzene rings is 1. The minimum atomic E-state index is -0.761. The first kappa shape index (κ1) is 13.2. The number of rotatable bonds is 6. The highest BCUT2D eigenvalue weighted by atomic mass is 16.7. The Morgan fingerprint density at radius 2 is 2.10 bits per heavy atom. The van der Waals surface area contributed by atoms with Crippen molar-refractivity contribution in [1.29, 1.82) is 0 Å². The van der Waals surface area contributed by atoms with Crippen LogP contribution in [-0.4, -0.2) is 25.0 Å². The lowest BCUT2D eigenvalue weighted by Gasteiger charge is -2.19. The van der Waals surface area contributed by atoms with E-state index in [0.717, 1.165) is 24.0 Å². The van der Waals surface area contributed by atoms with Gasteiger partial charge in [0.15, 0.2) is 11.5 Å². The van der Waals surface area contributed by atoms with Gasteiger partial charge >= 0.3 is 5.97 Å². The highest BCUT2D eigenvalue weighted by Gasteiger charge is 2.36. The summed E-state index contributed by atoms with van der Waals surface area (Å²) in [6.45, 7) is 0.674. The molecule has 1 fully saturated rings. The van der Waals surface area contributed by atoms with Crippen LogP contribution < -0.4 is 9.47 Å². The normalized spacial score (nSPS) is 18.1. The molecule has 1 aromatic rings. The van der Waals surface area contributed by atoms with E-state index < -0.39 is 5.97 Å². The van der Waals surface area contributed by atoms with Gasteiger partial charge in [0.25, 0.3) is 0 Å². The molecule has 20 heavy (non-hydrogen) atoms. The van der Waals surface area contributed by atoms with Crippen molar-refractivity contribution in [2.75, 3.05) is 13.9 Å². The Labute approximate surface area is 117 Å². The molecule has 1 heterocycles. The number of ether oxygens (including phenoxy) is 3. The van der Waals surface area contributed by atoms with E-state index in [1.54, 1.807) is 7.11 Å². The van der Waals surface area contributed by atoms with E-state index in [-0.39, 0.29) is 19.1 Å². The van der Waals surface area contributed by atoms with E-state index in [4.69, 9.17) is 19.3 Å². The predicted molar refractivity (Wildman–Crippen MR) is 71.0 cm³/mol. The molecule has 0 radical (unpaired) electrons. The maximum Gasteiger partial charge on any atom is 0.303 e. The summed E-state index contributed by atoms with van der Waals surface area (Å²) in [5, 5.41) is 9.15. The van der Waals surface area contributed by atoms with E-state index >= 15 is 0 Å². The van der Waals surface area contributed by atoms with Crippen LogP contribution in [0.15, 0.2) is 12.1 Å². The van der Waals surface area contributed by atoms with Crippen LogP contribution in [0.25, 0.3) is 0 Å². The smallest absolute Gasteiger partial charge is 0.303 e. The van der Waals surface area contributed by atoms with Gasteiger partial charge in [0, 0.05) is 7.11 Å². The topological polar surface area (TPSA) is 65.0 Å². The minimum Gasteiger partial charge on any atom is -0.481 e. The zero-order valence-electron chi connectivity index (χ0n) is 11.4. The maximum atomic E-state index is 11.1.